The van der Waals surface area contributed by atoms with E-state index < -0.39 is 0 Å². The lowest BCUT2D eigenvalue weighted by Gasteiger charge is -2.20. The van der Waals surface area contributed by atoms with Gasteiger partial charge in [-0.1, -0.05) is 13.0 Å². The molecule has 1 aromatic heterocycles. The number of aromatic nitrogens is 1. The van der Waals surface area contributed by atoms with Gasteiger partial charge in [-0.15, -0.1) is 0 Å². The van der Waals surface area contributed by atoms with Crippen LogP contribution in [0.4, 0.5) is 22.9 Å². The molecule has 0 aliphatic rings. The lowest BCUT2D eigenvalue weighted by molar-refractivity contribution is -0.111. The first-order valence-electron chi connectivity index (χ1n) is 9.72. The smallest absolute Gasteiger partial charge is 0.248 e. The van der Waals surface area contributed by atoms with Crippen molar-refractivity contribution < 1.29 is 9.53 Å². The topological polar surface area (TPSA) is 80.5 Å². The molecule has 0 saturated heterocycles. The summed E-state index contributed by atoms with van der Waals surface area (Å²) in [5.74, 6) is 1.27. The maximum absolute atomic E-state index is 12.5. The number of ether oxygens (including phenoxy) is 1. The van der Waals surface area contributed by atoms with E-state index in [0.717, 1.165) is 34.8 Å². The summed E-state index contributed by atoms with van der Waals surface area (Å²) in [6, 6.07) is 17.1. The number of aryl methyl sites for hydroxylation is 1. The van der Waals surface area contributed by atoms with Crippen LogP contribution in [0.25, 0.3) is 6.08 Å². The highest BCUT2D eigenvalue weighted by Gasteiger charge is 2.10. The van der Waals surface area contributed by atoms with Gasteiger partial charge in [0.2, 0.25) is 5.91 Å². The van der Waals surface area contributed by atoms with Gasteiger partial charge in [-0.05, 0) is 66.6 Å². The minimum atomic E-state index is -0.253. The minimum Gasteiger partial charge on any atom is -0.497 e. The van der Waals surface area contributed by atoms with E-state index in [4.69, 9.17) is 10.5 Å². The van der Waals surface area contributed by atoms with Crippen molar-refractivity contribution in [3.63, 3.8) is 0 Å². The molecule has 2 aromatic carbocycles. The lowest BCUT2D eigenvalue weighted by atomic mass is 10.1. The largest absolute Gasteiger partial charge is 0.497 e. The average Bonchev–Trinajstić information content (AvgIpc) is 2.79. The SMILES string of the molecule is CCc1ccc(N)c(NC(=O)/C=C/c2cccnc2N(C)c2ccc(OC)cc2)c1. The van der Waals surface area contributed by atoms with E-state index >= 15 is 0 Å². The quantitative estimate of drug-likeness (QED) is 0.444. The third-order valence-corrected chi connectivity index (χ3v) is 4.79. The van der Waals surface area contributed by atoms with Crippen LogP contribution in [0.3, 0.4) is 0 Å². The molecule has 3 N–H and O–H groups in total. The van der Waals surface area contributed by atoms with Gasteiger partial charge in [0.25, 0.3) is 0 Å². The van der Waals surface area contributed by atoms with Gasteiger partial charge in [0.1, 0.15) is 11.6 Å². The normalized spacial score (nSPS) is 10.8. The third-order valence-electron chi connectivity index (χ3n) is 4.79. The number of rotatable bonds is 7. The van der Waals surface area contributed by atoms with Crippen LogP contribution < -0.4 is 20.7 Å². The number of nitrogens with two attached hydrogens (primary N) is 1. The highest BCUT2D eigenvalue weighted by Crippen LogP contribution is 2.27. The number of nitrogens with zero attached hydrogens (tertiary/aromatic N) is 2. The Balaban J connectivity index is 1.78. The summed E-state index contributed by atoms with van der Waals surface area (Å²) in [5, 5.41) is 2.85. The molecule has 1 heterocycles. The molecule has 0 unspecified atom stereocenters. The average molecular weight is 402 g/mol. The van der Waals surface area contributed by atoms with E-state index in [-0.39, 0.29) is 5.91 Å². The second-order valence-corrected chi connectivity index (χ2v) is 6.77. The molecule has 0 saturated carbocycles. The van der Waals surface area contributed by atoms with Crippen molar-refractivity contribution in [3.05, 3.63) is 78.0 Å². The number of nitrogens with one attached hydrogen (secondary N) is 1. The molecular formula is C24H26N4O2. The number of carbonyl (C=O) groups excluding carboxylic acids is 1. The van der Waals surface area contributed by atoms with Crippen molar-refractivity contribution >= 4 is 34.9 Å². The first-order valence-corrected chi connectivity index (χ1v) is 9.72. The predicted octanol–water partition coefficient (Wildman–Crippen LogP) is 4.65. The Bertz CT molecular complexity index is 1050. The lowest BCUT2D eigenvalue weighted by Crippen LogP contribution is -2.13. The molecule has 3 aromatic rings. The van der Waals surface area contributed by atoms with Crippen molar-refractivity contribution in [2.24, 2.45) is 0 Å². The zero-order valence-corrected chi connectivity index (χ0v) is 17.4. The Morgan fingerprint density at radius 3 is 2.67 bits per heavy atom. The molecule has 1 amide bonds. The summed E-state index contributed by atoms with van der Waals surface area (Å²) in [6.45, 7) is 2.06. The van der Waals surface area contributed by atoms with Gasteiger partial charge in [0.05, 0.1) is 18.5 Å². The van der Waals surface area contributed by atoms with Crippen molar-refractivity contribution in [3.8, 4) is 5.75 Å². The summed E-state index contributed by atoms with van der Waals surface area (Å²) in [5.41, 5.74) is 10.0. The molecule has 0 aliphatic heterocycles. The first kappa shape index (κ1) is 20.9. The maximum Gasteiger partial charge on any atom is 0.248 e. The zero-order valence-electron chi connectivity index (χ0n) is 17.4. The predicted molar refractivity (Wildman–Crippen MR) is 123 cm³/mol. The number of carbonyl (C=O) groups is 1. The van der Waals surface area contributed by atoms with E-state index in [1.807, 2.05) is 60.5 Å². The molecule has 0 radical (unpaired) electrons. The van der Waals surface area contributed by atoms with Crippen LogP contribution in [0, 0.1) is 0 Å². The Hall–Kier alpha value is -3.80. The number of hydrogen-bond acceptors (Lipinski definition) is 5. The molecule has 0 atom stereocenters. The maximum atomic E-state index is 12.5. The summed E-state index contributed by atoms with van der Waals surface area (Å²) >= 11 is 0. The van der Waals surface area contributed by atoms with Crippen molar-refractivity contribution in [2.45, 2.75) is 13.3 Å². The Morgan fingerprint density at radius 2 is 1.97 bits per heavy atom. The van der Waals surface area contributed by atoms with E-state index in [2.05, 4.69) is 17.2 Å². The van der Waals surface area contributed by atoms with Crippen LogP contribution in [-0.4, -0.2) is 25.0 Å². The van der Waals surface area contributed by atoms with E-state index in [1.54, 1.807) is 25.4 Å². The highest BCUT2D eigenvalue weighted by atomic mass is 16.5. The van der Waals surface area contributed by atoms with Crippen LogP contribution in [0.2, 0.25) is 0 Å². The van der Waals surface area contributed by atoms with Gasteiger partial charge in [0.15, 0.2) is 0 Å². The molecule has 0 spiro atoms. The fourth-order valence-corrected chi connectivity index (χ4v) is 3.02. The van der Waals surface area contributed by atoms with Gasteiger partial charge >= 0.3 is 0 Å². The summed E-state index contributed by atoms with van der Waals surface area (Å²) in [6.07, 6.45) is 5.83. The molecule has 30 heavy (non-hydrogen) atoms. The molecular weight excluding hydrogens is 376 g/mol. The summed E-state index contributed by atoms with van der Waals surface area (Å²) < 4.78 is 5.22. The minimum absolute atomic E-state index is 0.253. The van der Waals surface area contributed by atoms with Gasteiger partial charge in [-0.25, -0.2) is 4.98 Å². The van der Waals surface area contributed by atoms with Crippen LogP contribution in [-0.2, 0) is 11.2 Å². The van der Waals surface area contributed by atoms with E-state index in [1.165, 1.54) is 6.08 Å². The second-order valence-electron chi connectivity index (χ2n) is 6.77. The van der Waals surface area contributed by atoms with Crippen LogP contribution in [0.5, 0.6) is 5.75 Å². The van der Waals surface area contributed by atoms with Crippen molar-refractivity contribution in [1.82, 2.24) is 4.98 Å². The number of methoxy groups -OCH3 is 1. The fraction of sp³-hybridized carbons (Fsp3) is 0.167. The standard InChI is InChI=1S/C24H26N4O2/c1-4-17-7-13-21(25)22(16-17)27-23(29)14-8-18-6-5-15-26-24(18)28(2)19-9-11-20(30-3)12-10-19/h5-16H,4,25H2,1-3H3,(H,27,29)/b14-8+. The van der Waals surface area contributed by atoms with Gasteiger partial charge < -0.3 is 20.7 Å². The number of pyridine rings is 1. The molecule has 0 fully saturated rings. The number of benzene rings is 2. The molecule has 3 rings (SSSR count). The molecule has 6 heteroatoms. The second kappa shape index (κ2) is 9.60. The van der Waals surface area contributed by atoms with E-state index in [0.29, 0.717) is 11.4 Å². The molecule has 6 nitrogen and oxygen atoms in total. The Labute approximate surface area is 177 Å². The van der Waals surface area contributed by atoms with Crippen molar-refractivity contribution in [1.29, 1.82) is 0 Å². The third kappa shape index (κ3) is 4.97. The molecule has 0 aliphatic carbocycles. The number of nitrogen functional groups attached to an aromatic ring is 1. The molecule has 154 valence electrons. The number of hydrogen-bond donors (Lipinski definition) is 2. The number of amides is 1. The van der Waals surface area contributed by atoms with Crippen LogP contribution in [0.1, 0.15) is 18.1 Å². The monoisotopic (exact) mass is 402 g/mol. The van der Waals surface area contributed by atoms with Gasteiger partial charge in [-0.3, -0.25) is 4.79 Å². The van der Waals surface area contributed by atoms with Gasteiger partial charge in [-0.2, -0.15) is 0 Å². The summed E-state index contributed by atoms with van der Waals surface area (Å²) in [7, 11) is 3.57. The summed E-state index contributed by atoms with van der Waals surface area (Å²) in [4.78, 5) is 18.9. The van der Waals surface area contributed by atoms with Crippen molar-refractivity contribution in [2.75, 3.05) is 30.1 Å². The van der Waals surface area contributed by atoms with Gasteiger partial charge in [0, 0.05) is 30.6 Å². The first-order chi connectivity index (χ1) is 14.5. The van der Waals surface area contributed by atoms with Crippen LogP contribution in [0.15, 0.2) is 66.9 Å². The van der Waals surface area contributed by atoms with Crippen LogP contribution >= 0.6 is 0 Å². The zero-order chi connectivity index (χ0) is 21.5. The van der Waals surface area contributed by atoms with E-state index in [9.17, 15) is 4.79 Å². The highest BCUT2D eigenvalue weighted by molar-refractivity contribution is 6.04. The molecule has 0 bridgehead atoms. The fourth-order valence-electron chi connectivity index (χ4n) is 3.02. The Kier molecular flexibility index (Phi) is 6.70. The number of anilines is 4. The Morgan fingerprint density at radius 1 is 1.20 bits per heavy atom.